The van der Waals surface area contributed by atoms with Gasteiger partial charge in [-0.05, 0) is 24.3 Å². The molecule has 0 radical (unpaired) electrons. The van der Waals surface area contributed by atoms with Gasteiger partial charge in [-0.1, -0.05) is 17.3 Å². The van der Waals surface area contributed by atoms with Crippen LogP contribution in [0.15, 0.2) is 40.9 Å². The molecule has 5 nitrogen and oxygen atoms in total. The minimum atomic E-state index is -0.804. The molecule has 7 heteroatoms. The molecular formula is C18H15F2NO4. The van der Waals surface area contributed by atoms with Crippen molar-refractivity contribution < 1.29 is 27.9 Å². The molecule has 25 heavy (non-hydrogen) atoms. The van der Waals surface area contributed by atoms with Crippen molar-refractivity contribution in [1.82, 2.24) is 5.16 Å². The summed E-state index contributed by atoms with van der Waals surface area (Å²) in [7, 11) is 2.93. The van der Waals surface area contributed by atoms with Crippen molar-refractivity contribution in [2.75, 3.05) is 14.2 Å². The highest BCUT2D eigenvalue weighted by Gasteiger charge is 2.27. The normalized spacial score (nSPS) is 10.8. The number of hydrogen-bond donors (Lipinski definition) is 1. The van der Waals surface area contributed by atoms with Crippen molar-refractivity contribution in [2.45, 2.75) is 6.61 Å². The van der Waals surface area contributed by atoms with E-state index in [-0.39, 0.29) is 22.6 Å². The molecule has 0 aliphatic heterocycles. The fourth-order valence-electron chi connectivity index (χ4n) is 2.65. The number of aromatic nitrogens is 1. The van der Waals surface area contributed by atoms with E-state index in [1.54, 1.807) is 18.2 Å². The van der Waals surface area contributed by atoms with Crippen LogP contribution in [0.3, 0.4) is 0 Å². The van der Waals surface area contributed by atoms with Crippen LogP contribution in [-0.2, 0) is 6.61 Å². The number of aliphatic hydroxyl groups excluding tert-OH is 1. The number of benzene rings is 2. The van der Waals surface area contributed by atoms with Crippen LogP contribution >= 0.6 is 0 Å². The Morgan fingerprint density at radius 2 is 1.52 bits per heavy atom. The summed E-state index contributed by atoms with van der Waals surface area (Å²) in [5.41, 5.74) is 0.0512. The molecule has 1 heterocycles. The summed E-state index contributed by atoms with van der Waals surface area (Å²) in [5.74, 6) is -0.672. The van der Waals surface area contributed by atoms with E-state index in [9.17, 15) is 13.9 Å². The molecule has 0 spiro atoms. The maximum absolute atomic E-state index is 14.1. The summed E-state index contributed by atoms with van der Waals surface area (Å²) in [4.78, 5) is 0. The van der Waals surface area contributed by atoms with Crippen molar-refractivity contribution in [2.24, 2.45) is 0 Å². The van der Waals surface area contributed by atoms with Gasteiger partial charge in [-0.3, -0.25) is 0 Å². The highest BCUT2D eigenvalue weighted by atomic mass is 19.1. The van der Waals surface area contributed by atoms with E-state index in [4.69, 9.17) is 14.0 Å². The van der Waals surface area contributed by atoms with Crippen LogP contribution in [0, 0.1) is 11.6 Å². The Hall–Kier alpha value is -2.93. The Bertz CT molecular complexity index is 866. The van der Waals surface area contributed by atoms with E-state index in [0.29, 0.717) is 17.1 Å². The van der Waals surface area contributed by atoms with E-state index in [0.717, 1.165) is 12.1 Å². The largest absolute Gasteiger partial charge is 0.496 e. The van der Waals surface area contributed by atoms with Gasteiger partial charge in [0.2, 0.25) is 0 Å². The lowest BCUT2D eigenvalue weighted by Crippen LogP contribution is -1.97. The van der Waals surface area contributed by atoms with Gasteiger partial charge in [0.1, 0.15) is 34.4 Å². The van der Waals surface area contributed by atoms with Crippen molar-refractivity contribution in [3.8, 4) is 34.1 Å². The average Bonchev–Trinajstić information content (AvgIpc) is 3.03. The molecule has 0 bridgehead atoms. The van der Waals surface area contributed by atoms with Crippen LogP contribution in [0.1, 0.15) is 5.56 Å². The Kier molecular flexibility index (Phi) is 4.67. The van der Waals surface area contributed by atoms with Gasteiger partial charge < -0.3 is 19.1 Å². The Morgan fingerprint density at radius 3 is 2.04 bits per heavy atom. The summed E-state index contributed by atoms with van der Waals surface area (Å²) in [6, 6.07) is 8.52. The molecule has 0 fully saturated rings. The fourth-order valence-corrected chi connectivity index (χ4v) is 2.65. The van der Waals surface area contributed by atoms with Gasteiger partial charge in [-0.25, -0.2) is 8.78 Å². The van der Waals surface area contributed by atoms with Crippen LogP contribution in [-0.4, -0.2) is 24.5 Å². The Labute approximate surface area is 142 Å². The summed E-state index contributed by atoms with van der Waals surface area (Å²) in [5, 5.41) is 13.6. The molecule has 3 rings (SSSR count). The van der Waals surface area contributed by atoms with Crippen molar-refractivity contribution in [3.05, 3.63) is 53.6 Å². The summed E-state index contributed by atoms with van der Waals surface area (Å²) in [6.07, 6.45) is 0. The molecule has 0 aliphatic rings. The number of ether oxygens (including phenoxy) is 2. The highest BCUT2D eigenvalue weighted by molar-refractivity contribution is 5.80. The van der Waals surface area contributed by atoms with Gasteiger partial charge in [-0.15, -0.1) is 0 Å². The maximum Gasteiger partial charge on any atom is 0.180 e. The third-order valence-corrected chi connectivity index (χ3v) is 3.80. The summed E-state index contributed by atoms with van der Waals surface area (Å²) >= 11 is 0. The third-order valence-electron chi connectivity index (χ3n) is 3.80. The predicted molar refractivity (Wildman–Crippen MR) is 86.3 cm³/mol. The molecule has 1 N–H and O–H groups in total. The highest BCUT2D eigenvalue weighted by Crippen LogP contribution is 2.43. The van der Waals surface area contributed by atoms with E-state index >= 15 is 0 Å². The lowest BCUT2D eigenvalue weighted by atomic mass is 10.0. The lowest BCUT2D eigenvalue weighted by molar-refractivity contribution is 0.281. The van der Waals surface area contributed by atoms with Gasteiger partial charge >= 0.3 is 0 Å². The molecule has 0 saturated carbocycles. The monoisotopic (exact) mass is 347 g/mol. The minimum Gasteiger partial charge on any atom is -0.496 e. The van der Waals surface area contributed by atoms with E-state index in [1.165, 1.54) is 20.3 Å². The average molecular weight is 347 g/mol. The maximum atomic E-state index is 14.1. The summed E-state index contributed by atoms with van der Waals surface area (Å²) in [6.45, 7) is -0.539. The first kappa shape index (κ1) is 16.9. The first-order valence-electron chi connectivity index (χ1n) is 7.37. The third kappa shape index (κ3) is 2.83. The van der Waals surface area contributed by atoms with Crippen LogP contribution in [0.4, 0.5) is 8.78 Å². The van der Waals surface area contributed by atoms with Crippen molar-refractivity contribution in [1.29, 1.82) is 0 Å². The van der Waals surface area contributed by atoms with E-state index in [2.05, 4.69) is 5.16 Å². The molecule has 130 valence electrons. The second-order valence-electron chi connectivity index (χ2n) is 5.13. The Balaban J connectivity index is 2.27. The van der Waals surface area contributed by atoms with Crippen LogP contribution in [0.25, 0.3) is 22.6 Å². The number of nitrogens with zero attached hydrogens (tertiary/aromatic N) is 1. The summed E-state index contributed by atoms with van der Waals surface area (Å²) < 4.78 is 44.1. The van der Waals surface area contributed by atoms with Crippen LogP contribution < -0.4 is 9.47 Å². The molecule has 0 atom stereocenters. The van der Waals surface area contributed by atoms with Gasteiger partial charge in [0.25, 0.3) is 0 Å². The zero-order valence-electron chi connectivity index (χ0n) is 13.5. The smallest absolute Gasteiger partial charge is 0.180 e. The first-order chi connectivity index (χ1) is 12.1. The van der Waals surface area contributed by atoms with Gasteiger partial charge in [0, 0.05) is 0 Å². The predicted octanol–water partition coefficient (Wildman–Crippen LogP) is 3.80. The molecular weight excluding hydrogens is 332 g/mol. The molecule has 0 amide bonds. The second kappa shape index (κ2) is 6.90. The Morgan fingerprint density at radius 1 is 0.960 bits per heavy atom. The standard InChI is InChI=1S/C18H15F2NO4/c1-23-13-7-4-8-14(24-2)16(13)18-10(9-22)17(21-25-18)15-11(19)5-3-6-12(15)20/h3-8,22H,9H2,1-2H3. The molecule has 0 unspecified atom stereocenters. The number of hydrogen-bond acceptors (Lipinski definition) is 5. The van der Waals surface area contributed by atoms with Crippen LogP contribution in [0.2, 0.25) is 0 Å². The van der Waals surface area contributed by atoms with Crippen molar-refractivity contribution >= 4 is 0 Å². The molecule has 3 aromatic rings. The number of rotatable bonds is 5. The second-order valence-corrected chi connectivity index (χ2v) is 5.13. The zero-order valence-corrected chi connectivity index (χ0v) is 13.5. The van der Waals surface area contributed by atoms with Gasteiger partial charge in [-0.2, -0.15) is 0 Å². The minimum absolute atomic E-state index is 0.110. The van der Waals surface area contributed by atoms with E-state index in [1.807, 2.05) is 0 Å². The van der Waals surface area contributed by atoms with Crippen LogP contribution in [0.5, 0.6) is 11.5 Å². The lowest BCUT2D eigenvalue weighted by Gasteiger charge is -2.11. The number of aliphatic hydroxyl groups is 1. The zero-order chi connectivity index (χ0) is 18.0. The number of methoxy groups -OCH3 is 2. The number of halogens is 2. The topological polar surface area (TPSA) is 64.7 Å². The molecule has 1 aromatic heterocycles. The van der Waals surface area contributed by atoms with Gasteiger partial charge in [0.15, 0.2) is 5.76 Å². The SMILES string of the molecule is COc1cccc(OC)c1-c1onc(-c2c(F)cccc2F)c1CO. The van der Waals surface area contributed by atoms with Gasteiger partial charge in [0.05, 0.1) is 32.0 Å². The van der Waals surface area contributed by atoms with Crippen molar-refractivity contribution in [3.63, 3.8) is 0 Å². The first-order valence-corrected chi connectivity index (χ1v) is 7.37. The van der Waals surface area contributed by atoms with E-state index < -0.39 is 18.2 Å². The quantitative estimate of drug-likeness (QED) is 0.761. The molecule has 0 saturated heterocycles. The fraction of sp³-hybridized carbons (Fsp3) is 0.167. The molecule has 0 aliphatic carbocycles. The molecule has 2 aromatic carbocycles.